The minimum atomic E-state index is -3.48. The van der Waals surface area contributed by atoms with E-state index in [9.17, 15) is 17.6 Å². The highest BCUT2D eigenvalue weighted by Crippen LogP contribution is 2.45. The Labute approximate surface area is 163 Å². The molecule has 0 aromatic heterocycles. The zero-order valence-corrected chi connectivity index (χ0v) is 15.5. The second kappa shape index (κ2) is 8.83. The van der Waals surface area contributed by atoms with Crippen molar-refractivity contribution in [2.24, 2.45) is 23.7 Å². The van der Waals surface area contributed by atoms with E-state index >= 15 is 0 Å². The highest BCUT2D eigenvalue weighted by atomic mass is 19.3. The van der Waals surface area contributed by atoms with Gasteiger partial charge in [-0.3, -0.25) is 0 Å². The first-order chi connectivity index (χ1) is 12.3. The van der Waals surface area contributed by atoms with Gasteiger partial charge in [0.2, 0.25) is 5.82 Å². The normalized spacial score (nSPS) is 29.1. The predicted octanol–water partition coefficient (Wildman–Crippen LogP) is 8.01. The van der Waals surface area contributed by atoms with Crippen LogP contribution in [0.5, 0.6) is 5.75 Å². The summed E-state index contributed by atoms with van der Waals surface area (Å²) in [6.45, 7) is 3.66. The van der Waals surface area contributed by atoms with Gasteiger partial charge in [0.05, 0.1) is 5.92 Å². The van der Waals surface area contributed by atoms with Crippen LogP contribution in [0.1, 0.15) is 74.1 Å². The number of ether oxygens (including phenoxy) is 1. The van der Waals surface area contributed by atoms with E-state index in [0.717, 1.165) is 24.8 Å². The smallest absolute Gasteiger partial charge is 0.400 e. The van der Waals surface area contributed by atoms with Crippen molar-refractivity contribution in [2.45, 2.75) is 78.7 Å². The van der Waals surface area contributed by atoms with E-state index in [4.69, 9.17) is 0 Å². The third kappa shape index (κ3) is 4.97. The molecule has 0 heterocycles. The van der Waals surface area contributed by atoms with E-state index < -0.39 is 29.4 Å². The molecule has 0 amide bonds. The lowest BCUT2D eigenvalue weighted by atomic mass is 9.69. The first kappa shape index (κ1) is 22.0. The Morgan fingerprint density at radius 1 is 0.889 bits per heavy atom. The molecule has 2 saturated carbocycles. The summed E-state index contributed by atoms with van der Waals surface area (Å²) in [7, 11) is 0. The van der Waals surface area contributed by atoms with Gasteiger partial charge in [-0.25, -0.2) is 4.39 Å². The molecule has 0 atom stereocenters. The summed E-state index contributed by atoms with van der Waals surface area (Å²) in [6.07, 6.45) is 3.70. The van der Waals surface area contributed by atoms with Crippen molar-refractivity contribution < 1.29 is 25.2 Å². The Balaban J connectivity index is 0.00000261. The first-order valence-electron chi connectivity index (χ1n) is 9.79. The zero-order valence-electron chi connectivity index (χ0n) is 15.5. The lowest BCUT2D eigenvalue weighted by Gasteiger charge is -2.38. The number of alkyl halides is 2. The van der Waals surface area contributed by atoms with Gasteiger partial charge in [0, 0.05) is 2.85 Å². The third-order valence-electron chi connectivity index (χ3n) is 6.46. The van der Waals surface area contributed by atoms with Crippen LogP contribution in [0.3, 0.4) is 0 Å². The molecule has 3 rings (SSSR count). The number of hydrogen-bond donors (Lipinski definition) is 0. The number of aryl methyl sites for hydroxylation is 1. The Hall–Kier alpha value is -1.26. The summed E-state index contributed by atoms with van der Waals surface area (Å²) in [6, 6.07) is 2.33. The number of hydrogen-bond acceptors (Lipinski definition) is 1. The fraction of sp³-hybridized carbons (Fsp3) is 0.727. The summed E-state index contributed by atoms with van der Waals surface area (Å²) in [4.78, 5) is 0. The molecule has 0 N–H and O–H groups in total. The Morgan fingerprint density at radius 2 is 1.41 bits per heavy atom. The average molecular weight is 393 g/mol. The molecular weight excluding hydrogens is 356 g/mol. The lowest BCUT2D eigenvalue weighted by Crippen LogP contribution is -2.38. The predicted molar refractivity (Wildman–Crippen MR) is 104 cm³/mol. The number of halogens is 4. The Kier molecular flexibility index (Phi) is 7.20. The number of rotatable bonds is 4. The maximum absolute atomic E-state index is 14.5. The molecule has 2 aliphatic carbocycles. The molecule has 0 spiro atoms. The van der Waals surface area contributed by atoms with Gasteiger partial charge in [-0.15, -0.1) is 0 Å². The first-order valence-corrected chi connectivity index (χ1v) is 9.79. The van der Waals surface area contributed by atoms with Crippen LogP contribution >= 0.6 is 0 Å². The second-order valence-corrected chi connectivity index (χ2v) is 8.30. The topological polar surface area (TPSA) is 9.23 Å². The summed E-state index contributed by atoms with van der Waals surface area (Å²) in [5, 5.41) is 0. The monoisotopic (exact) mass is 392 g/mol. The molecule has 0 bridgehead atoms. The molecule has 0 unspecified atom stereocenters. The molecule has 2 aliphatic rings. The zero-order chi connectivity index (χ0) is 18.9. The van der Waals surface area contributed by atoms with Gasteiger partial charge in [-0.05, 0) is 74.8 Å². The fourth-order valence-corrected chi connectivity index (χ4v) is 4.62. The van der Waals surface area contributed by atoms with Gasteiger partial charge in [0.25, 0.3) is 0 Å². The Morgan fingerprint density at radius 3 is 1.96 bits per heavy atom. The minimum Gasteiger partial charge on any atom is -0.429 e. The molecule has 158 valence electrons. The maximum Gasteiger partial charge on any atom is 0.400 e. The molecular formula is C22H36F4O. The fourth-order valence-electron chi connectivity index (χ4n) is 4.62. The van der Waals surface area contributed by atoms with Crippen molar-refractivity contribution in [3.8, 4) is 5.75 Å². The van der Waals surface area contributed by atoms with Crippen molar-refractivity contribution >= 4 is 0 Å². The molecule has 0 aliphatic heterocycles. The molecule has 1 nitrogen and oxygen atoms in total. The van der Waals surface area contributed by atoms with Gasteiger partial charge in [0.15, 0.2) is 11.6 Å². The van der Waals surface area contributed by atoms with E-state index in [0.29, 0.717) is 24.7 Å². The maximum atomic E-state index is 14.5. The minimum absolute atomic E-state index is 0. The van der Waals surface area contributed by atoms with Gasteiger partial charge in [0.1, 0.15) is 0 Å². The van der Waals surface area contributed by atoms with Gasteiger partial charge >= 0.3 is 6.11 Å². The van der Waals surface area contributed by atoms with E-state index in [2.05, 4.69) is 11.7 Å². The second-order valence-electron chi connectivity index (χ2n) is 8.30. The van der Waals surface area contributed by atoms with E-state index in [1.165, 1.54) is 38.7 Å². The molecule has 0 saturated heterocycles. The van der Waals surface area contributed by atoms with Crippen molar-refractivity contribution in [3.63, 3.8) is 0 Å². The summed E-state index contributed by atoms with van der Waals surface area (Å²) in [5.74, 6) is -2.16. The van der Waals surface area contributed by atoms with Crippen LogP contribution in [-0.4, -0.2) is 6.11 Å². The van der Waals surface area contributed by atoms with Crippen LogP contribution in [0, 0.1) is 42.2 Å². The lowest BCUT2D eigenvalue weighted by molar-refractivity contribution is -0.225. The molecule has 1 aromatic rings. The van der Waals surface area contributed by atoms with Crippen molar-refractivity contribution in [3.05, 3.63) is 29.3 Å². The van der Waals surface area contributed by atoms with E-state index in [1.54, 1.807) is 0 Å². The molecule has 0 radical (unpaired) electrons. The SMILES string of the molecule is C.Cc1ccc(OC(F)(F)C2CCC(C3CCC(C)CC3)CC2)c(F)c1F.[HH].[HH]. The van der Waals surface area contributed by atoms with Gasteiger partial charge in [-0.1, -0.05) is 33.3 Å². The van der Waals surface area contributed by atoms with Gasteiger partial charge in [-0.2, -0.15) is 13.2 Å². The van der Waals surface area contributed by atoms with Crippen LogP contribution < -0.4 is 4.74 Å². The molecule has 2 fully saturated rings. The standard InChI is InChI=1S/C21H28F4O.CH4.2H2/c1-13-3-6-15(7-4-13)16-8-10-17(11-9-16)21(24,25)26-18-12-5-14(2)19(22)20(18)23;;;/h5,12-13,15-17H,3-4,6-11H2,1-2H3;1H4;2*1H. The Bertz CT molecular complexity index is 625. The molecule has 5 heteroatoms. The van der Waals surface area contributed by atoms with E-state index in [-0.39, 0.29) is 15.8 Å². The largest absolute Gasteiger partial charge is 0.429 e. The summed E-state index contributed by atoms with van der Waals surface area (Å²) >= 11 is 0. The highest BCUT2D eigenvalue weighted by molar-refractivity contribution is 5.30. The average Bonchev–Trinajstić information content (AvgIpc) is 2.63. The van der Waals surface area contributed by atoms with Crippen molar-refractivity contribution in [2.75, 3.05) is 0 Å². The van der Waals surface area contributed by atoms with Crippen molar-refractivity contribution in [1.82, 2.24) is 0 Å². The quantitative estimate of drug-likeness (QED) is 0.472. The van der Waals surface area contributed by atoms with Crippen LogP contribution in [0.25, 0.3) is 0 Å². The third-order valence-corrected chi connectivity index (χ3v) is 6.46. The van der Waals surface area contributed by atoms with Crippen LogP contribution in [0.2, 0.25) is 0 Å². The molecule has 27 heavy (non-hydrogen) atoms. The van der Waals surface area contributed by atoms with Gasteiger partial charge < -0.3 is 4.74 Å². The van der Waals surface area contributed by atoms with Crippen LogP contribution in [-0.2, 0) is 0 Å². The van der Waals surface area contributed by atoms with Crippen molar-refractivity contribution in [1.29, 1.82) is 0 Å². The van der Waals surface area contributed by atoms with Crippen LogP contribution in [0.4, 0.5) is 17.6 Å². The molecule has 1 aromatic carbocycles. The van der Waals surface area contributed by atoms with E-state index in [1.807, 2.05) is 0 Å². The van der Waals surface area contributed by atoms with Crippen LogP contribution in [0.15, 0.2) is 12.1 Å². The highest BCUT2D eigenvalue weighted by Gasteiger charge is 2.45. The summed E-state index contributed by atoms with van der Waals surface area (Å²) in [5.41, 5.74) is 0.0699. The number of benzene rings is 1. The summed E-state index contributed by atoms with van der Waals surface area (Å²) < 4.78 is 61.1.